The van der Waals surface area contributed by atoms with Gasteiger partial charge in [0, 0.05) is 49.8 Å². The molecule has 1 aliphatic rings. The molecule has 1 saturated heterocycles. The van der Waals surface area contributed by atoms with Crippen LogP contribution in [0.1, 0.15) is 13.8 Å². The molecule has 0 bridgehead atoms. The highest BCUT2D eigenvalue weighted by Crippen LogP contribution is 2.22. The molecule has 0 radical (unpaired) electrons. The van der Waals surface area contributed by atoms with E-state index in [1.165, 1.54) is 23.9 Å². The van der Waals surface area contributed by atoms with E-state index in [1.807, 2.05) is 4.90 Å². The number of rotatable bonds is 6. The summed E-state index contributed by atoms with van der Waals surface area (Å²) in [5.74, 6) is 1.16. The number of nitro benzene ring substituents is 1. The summed E-state index contributed by atoms with van der Waals surface area (Å²) in [6.07, 6.45) is 0. The quantitative estimate of drug-likeness (QED) is 0.453. The molecular weight excluding hydrogens is 314 g/mol. The van der Waals surface area contributed by atoms with Crippen molar-refractivity contribution in [2.75, 3.05) is 38.5 Å². The van der Waals surface area contributed by atoms with Gasteiger partial charge in [-0.3, -0.25) is 19.8 Å². The maximum atomic E-state index is 12.3. The zero-order chi connectivity index (χ0) is 16.8. The fraction of sp³-hybridized carbons (Fsp3) is 0.562. The Bertz CT molecular complexity index is 540. The van der Waals surface area contributed by atoms with Crippen molar-refractivity contribution in [3.63, 3.8) is 0 Å². The Balaban J connectivity index is 1.76. The average Bonchev–Trinajstić information content (AvgIpc) is 2.53. The molecule has 0 aliphatic carbocycles. The number of thioether (sulfide) groups is 1. The monoisotopic (exact) mass is 337 g/mol. The Kier molecular flexibility index (Phi) is 6.41. The normalized spacial score (nSPS) is 15.9. The van der Waals surface area contributed by atoms with Gasteiger partial charge in [0.15, 0.2) is 0 Å². The van der Waals surface area contributed by atoms with Crippen LogP contribution in [0.3, 0.4) is 0 Å². The Morgan fingerprint density at radius 1 is 1.22 bits per heavy atom. The summed E-state index contributed by atoms with van der Waals surface area (Å²) < 4.78 is 0. The third-order valence-electron chi connectivity index (χ3n) is 3.76. The van der Waals surface area contributed by atoms with Crippen molar-refractivity contribution in [3.05, 3.63) is 34.4 Å². The fourth-order valence-electron chi connectivity index (χ4n) is 2.60. The second-order valence-corrected chi connectivity index (χ2v) is 7.16. The van der Waals surface area contributed by atoms with Crippen LogP contribution in [-0.4, -0.2) is 59.1 Å². The van der Waals surface area contributed by atoms with E-state index >= 15 is 0 Å². The molecule has 1 amide bonds. The molecule has 0 saturated carbocycles. The number of amides is 1. The summed E-state index contributed by atoms with van der Waals surface area (Å²) in [4.78, 5) is 27.6. The Morgan fingerprint density at radius 2 is 1.83 bits per heavy atom. The molecule has 126 valence electrons. The lowest BCUT2D eigenvalue weighted by Crippen LogP contribution is -2.49. The minimum atomic E-state index is -0.420. The summed E-state index contributed by atoms with van der Waals surface area (Å²) >= 11 is 1.43. The number of non-ortho nitro benzene ring substituents is 1. The van der Waals surface area contributed by atoms with Gasteiger partial charge in [0.1, 0.15) is 0 Å². The van der Waals surface area contributed by atoms with Crippen molar-refractivity contribution in [3.8, 4) is 0 Å². The lowest BCUT2D eigenvalue weighted by atomic mass is 10.2. The summed E-state index contributed by atoms with van der Waals surface area (Å²) in [7, 11) is 0. The molecule has 1 aromatic rings. The summed E-state index contributed by atoms with van der Waals surface area (Å²) in [5.41, 5.74) is 0.0713. The standard InChI is InChI=1S/C16H23N3O3S/c1-13(2)11-17-7-9-18(10-8-17)16(20)12-23-15-5-3-14(4-6-15)19(21)22/h3-6,13H,7-12H2,1-2H3. The Hall–Kier alpha value is -1.60. The molecular formula is C16H23N3O3S. The van der Waals surface area contributed by atoms with E-state index in [0.29, 0.717) is 11.7 Å². The Labute approximate surface area is 141 Å². The zero-order valence-electron chi connectivity index (χ0n) is 13.6. The second kappa shape index (κ2) is 8.31. The van der Waals surface area contributed by atoms with Gasteiger partial charge in [0.2, 0.25) is 5.91 Å². The molecule has 0 N–H and O–H groups in total. The second-order valence-electron chi connectivity index (χ2n) is 6.11. The first-order valence-electron chi connectivity index (χ1n) is 7.83. The molecule has 1 aliphatic heterocycles. The molecule has 0 unspecified atom stereocenters. The fourth-order valence-corrected chi connectivity index (χ4v) is 3.40. The van der Waals surface area contributed by atoms with E-state index in [0.717, 1.165) is 37.6 Å². The SMILES string of the molecule is CC(C)CN1CCN(C(=O)CSc2ccc([N+](=O)[O-])cc2)CC1. The summed E-state index contributed by atoms with van der Waals surface area (Å²) in [5, 5.41) is 10.6. The van der Waals surface area contributed by atoms with E-state index < -0.39 is 4.92 Å². The lowest BCUT2D eigenvalue weighted by Gasteiger charge is -2.35. The number of carbonyl (C=O) groups excluding carboxylic acids is 1. The predicted molar refractivity (Wildman–Crippen MR) is 91.7 cm³/mol. The highest BCUT2D eigenvalue weighted by molar-refractivity contribution is 8.00. The van der Waals surface area contributed by atoms with Gasteiger partial charge in [-0.2, -0.15) is 0 Å². The number of hydrogen-bond acceptors (Lipinski definition) is 5. The van der Waals surface area contributed by atoms with E-state index in [-0.39, 0.29) is 11.6 Å². The van der Waals surface area contributed by atoms with Crippen LogP contribution in [0.25, 0.3) is 0 Å². The van der Waals surface area contributed by atoms with Crippen molar-refractivity contribution in [2.45, 2.75) is 18.7 Å². The van der Waals surface area contributed by atoms with Gasteiger partial charge in [-0.05, 0) is 18.1 Å². The van der Waals surface area contributed by atoms with E-state index in [2.05, 4.69) is 18.7 Å². The first kappa shape index (κ1) is 17.7. The third-order valence-corrected chi connectivity index (χ3v) is 4.75. The van der Waals surface area contributed by atoms with Crippen LogP contribution in [0.4, 0.5) is 5.69 Å². The number of benzene rings is 1. The molecule has 1 aromatic carbocycles. The van der Waals surface area contributed by atoms with Gasteiger partial charge in [-0.1, -0.05) is 13.8 Å². The molecule has 1 heterocycles. The van der Waals surface area contributed by atoms with Crippen LogP contribution in [0.5, 0.6) is 0 Å². The van der Waals surface area contributed by atoms with Crippen molar-refractivity contribution in [2.24, 2.45) is 5.92 Å². The van der Waals surface area contributed by atoms with Crippen molar-refractivity contribution >= 4 is 23.4 Å². The number of piperazine rings is 1. The molecule has 23 heavy (non-hydrogen) atoms. The topological polar surface area (TPSA) is 66.7 Å². The van der Waals surface area contributed by atoms with Crippen LogP contribution in [-0.2, 0) is 4.79 Å². The van der Waals surface area contributed by atoms with Crippen LogP contribution >= 0.6 is 11.8 Å². The summed E-state index contributed by atoms with van der Waals surface area (Å²) in [6.45, 7) is 8.94. The van der Waals surface area contributed by atoms with E-state index in [9.17, 15) is 14.9 Å². The van der Waals surface area contributed by atoms with Crippen molar-refractivity contribution < 1.29 is 9.72 Å². The van der Waals surface area contributed by atoms with E-state index in [4.69, 9.17) is 0 Å². The van der Waals surface area contributed by atoms with Gasteiger partial charge in [-0.15, -0.1) is 11.8 Å². The first-order valence-corrected chi connectivity index (χ1v) is 8.81. The maximum absolute atomic E-state index is 12.3. The maximum Gasteiger partial charge on any atom is 0.269 e. The van der Waals surface area contributed by atoms with Crippen molar-refractivity contribution in [1.82, 2.24) is 9.80 Å². The van der Waals surface area contributed by atoms with Gasteiger partial charge >= 0.3 is 0 Å². The van der Waals surface area contributed by atoms with Crippen LogP contribution in [0.2, 0.25) is 0 Å². The molecule has 1 fully saturated rings. The van der Waals surface area contributed by atoms with E-state index in [1.54, 1.807) is 12.1 Å². The predicted octanol–water partition coefficient (Wildman–Crippen LogP) is 2.49. The molecule has 0 aromatic heterocycles. The van der Waals surface area contributed by atoms with Gasteiger partial charge < -0.3 is 4.90 Å². The van der Waals surface area contributed by atoms with Crippen LogP contribution < -0.4 is 0 Å². The highest BCUT2D eigenvalue weighted by atomic mass is 32.2. The third kappa shape index (κ3) is 5.51. The number of nitrogens with zero attached hydrogens (tertiary/aromatic N) is 3. The molecule has 0 spiro atoms. The van der Waals surface area contributed by atoms with Crippen molar-refractivity contribution in [1.29, 1.82) is 0 Å². The molecule has 6 nitrogen and oxygen atoms in total. The number of hydrogen-bond donors (Lipinski definition) is 0. The van der Waals surface area contributed by atoms with Gasteiger partial charge in [-0.25, -0.2) is 0 Å². The molecule has 0 atom stereocenters. The molecule has 2 rings (SSSR count). The lowest BCUT2D eigenvalue weighted by molar-refractivity contribution is -0.384. The van der Waals surface area contributed by atoms with Gasteiger partial charge in [0.05, 0.1) is 10.7 Å². The average molecular weight is 337 g/mol. The van der Waals surface area contributed by atoms with Crippen LogP contribution in [0.15, 0.2) is 29.2 Å². The number of carbonyl (C=O) groups is 1. The first-order chi connectivity index (χ1) is 11.0. The highest BCUT2D eigenvalue weighted by Gasteiger charge is 2.21. The Morgan fingerprint density at radius 3 is 2.35 bits per heavy atom. The largest absolute Gasteiger partial charge is 0.339 e. The summed E-state index contributed by atoms with van der Waals surface area (Å²) in [6, 6.07) is 6.32. The van der Waals surface area contributed by atoms with Crippen LogP contribution in [0, 0.1) is 16.0 Å². The number of nitro groups is 1. The van der Waals surface area contributed by atoms with Gasteiger partial charge in [0.25, 0.3) is 5.69 Å². The molecule has 7 heteroatoms. The minimum Gasteiger partial charge on any atom is -0.339 e. The zero-order valence-corrected chi connectivity index (χ0v) is 14.4. The minimum absolute atomic E-state index is 0.0713. The smallest absolute Gasteiger partial charge is 0.269 e.